The summed E-state index contributed by atoms with van der Waals surface area (Å²) in [5.41, 5.74) is 0.791. The number of imidazole rings is 1. The van der Waals surface area contributed by atoms with Crippen molar-refractivity contribution in [1.82, 2.24) is 14.4 Å². The van der Waals surface area contributed by atoms with E-state index in [1.165, 1.54) is 0 Å². The molecule has 0 bridgehead atoms. The van der Waals surface area contributed by atoms with Gasteiger partial charge in [0.1, 0.15) is 10.4 Å². The second kappa shape index (κ2) is 4.21. The minimum absolute atomic E-state index is 0.582. The van der Waals surface area contributed by atoms with Gasteiger partial charge in [-0.25, -0.2) is 9.97 Å². The number of aromatic nitrogens is 3. The predicted molar refractivity (Wildman–Crippen MR) is 66.7 cm³/mol. The van der Waals surface area contributed by atoms with Gasteiger partial charge in [0, 0.05) is 18.6 Å². The van der Waals surface area contributed by atoms with Gasteiger partial charge in [0.05, 0.1) is 12.8 Å². The summed E-state index contributed by atoms with van der Waals surface area (Å²) < 4.78 is 7.91. The minimum Gasteiger partial charge on any atom is -0.467 e. The summed E-state index contributed by atoms with van der Waals surface area (Å²) >= 11 is 3.36. The monoisotopic (exact) mass is 292 g/mol. The van der Waals surface area contributed by atoms with Crippen LogP contribution >= 0.6 is 15.9 Å². The zero-order chi connectivity index (χ0) is 11.7. The lowest BCUT2D eigenvalue weighted by Gasteiger charge is -2.05. The number of anilines is 1. The van der Waals surface area contributed by atoms with Crippen LogP contribution in [0.25, 0.3) is 5.65 Å². The smallest absolute Gasteiger partial charge is 0.180 e. The van der Waals surface area contributed by atoms with Crippen LogP contribution in [0.2, 0.25) is 0 Å². The molecule has 86 valence electrons. The lowest BCUT2D eigenvalue weighted by atomic mass is 10.4. The average molecular weight is 293 g/mol. The molecular formula is C11H9BrN4O. The molecule has 3 aromatic rings. The van der Waals surface area contributed by atoms with Gasteiger partial charge in [0.2, 0.25) is 0 Å². The van der Waals surface area contributed by atoms with Crippen molar-refractivity contribution < 1.29 is 4.42 Å². The van der Waals surface area contributed by atoms with Crippen molar-refractivity contribution >= 4 is 27.4 Å². The van der Waals surface area contributed by atoms with Gasteiger partial charge in [0.15, 0.2) is 11.5 Å². The highest BCUT2D eigenvalue weighted by atomic mass is 79.9. The molecule has 0 unspecified atom stereocenters. The van der Waals surface area contributed by atoms with E-state index in [1.807, 2.05) is 28.9 Å². The Labute approximate surface area is 106 Å². The number of nitrogens with zero attached hydrogens (tertiary/aromatic N) is 3. The van der Waals surface area contributed by atoms with Crippen molar-refractivity contribution in [2.24, 2.45) is 0 Å². The third kappa shape index (κ3) is 2.03. The first-order valence-corrected chi connectivity index (χ1v) is 5.88. The molecule has 6 heteroatoms. The lowest BCUT2D eigenvalue weighted by Crippen LogP contribution is -2.03. The first kappa shape index (κ1) is 10.3. The molecule has 1 N–H and O–H groups in total. The van der Waals surface area contributed by atoms with Crippen molar-refractivity contribution in [3.05, 3.63) is 47.3 Å². The van der Waals surface area contributed by atoms with Crippen LogP contribution in [0, 0.1) is 0 Å². The maximum atomic E-state index is 5.25. The Morgan fingerprint density at radius 1 is 1.47 bits per heavy atom. The Balaban J connectivity index is 1.91. The molecule has 0 aliphatic rings. The number of halogens is 1. The maximum absolute atomic E-state index is 5.25. The van der Waals surface area contributed by atoms with Crippen molar-refractivity contribution in [3.63, 3.8) is 0 Å². The first-order chi connectivity index (χ1) is 8.33. The van der Waals surface area contributed by atoms with Gasteiger partial charge in [-0.05, 0) is 28.1 Å². The normalized spacial score (nSPS) is 10.9. The van der Waals surface area contributed by atoms with E-state index < -0.39 is 0 Å². The second-order valence-corrected chi connectivity index (χ2v) is 4.32. The van der Waals surface area contributed by atoms with E-state index in [0.717, 1.165) is 21.8 Å². The van der Waals surface area contributed by atoms with E-state index in [4.69, 9.17) is 4.42 Å². The summed E-state index contributed by atoms with van der Waals surface area (Å²) in [6.45, 7) is 0.582. The number of hydrogen-bond acceptors (Lipinski definition) is 4. The van der Waals surface area contributed by atoms with Crippen LogP contribution in [0.5, 0.6) is 0 Å². The van der Waals surface area contributed by atoms with E-state index in [-0.39, 0.29) is 0 Å². The Hall–Kier alpha value is -1.82. The summed E-state index contributed by atoms with van der Waals surface area (Å²) in [5.74, 6) is 1.58. The van der Waals surface area contributed by atoms with Crippen molar-refractivity contribution in [1.29, 1.82) is 0 Å². The quantitative estimate of drug-likeness (QED) is 0.806. The van der Waals surface area contributed by atoms with Crippen LogP contribution < -0.4 is 5.32 Å². The first-order valence-electron chi connectivity index (χ1n) is 5.08. The van der Waals surface area contributed by atoms with Gasteiger partial charge in [-0.1, -0.05) is 0 Å². The number of furan rings is 1. The largest absolute Gasteiger partial charge is 0.467 e. The van der Waals surface area contributed by atoms with Crippen LogP contribution in [0.15, 0.2) is 46.0 Å². The number of fused-ring (bicyclic) bond motifs is 1. The molecule has 0 aromatic carbocycles. The number of nitrogens with one attached hydrogen (secondary N) is 1. The van der Waals surface area contributed by atoms with E-state index >= 15 is 0 Å². The van der Waals surface area contributed by atoms with Crippen LogP contribution in [-0.4, -0.2) is 14.4 Å². The SMILES string of the molecule is Brc1cn2ccnc2c(NCc2ccco2)n1. The molecule has 5 nitrogen and oxygen atoms in total. The van der Waals surface area contributed by atoms with Crippen molar-refractivity contribution in [2.45, 2.75) is 6.54 Å². The summed E-state index contributed by atoms with van der Waals surface area (Å²) in [6.07, 6.45) is 7.12. The molecule has 3 aromatic heterocycles. The van der Waals surface area contributed by atoms with Crippen molar-refractivity contribution in [2.75, 3.05) is 5.32 Å². The Morgan fingerprint density at radius 2 is 2.41 bits per heavy atom. The van der Waals surface area contributed by atoms with E-state index in [9.17, 15) is 0 Å². The summed E-state index contributed by atoms with van der Waals surface area (Å²) in [4.78, 5) is 8.60. The lowest BCUT2D eigenvalue weighted by molar-refractivity contribution is 0.518. The molecular weight excluding hydrogens is 284 g/mol. The molecule has 0 spiro atoms. The van der Waals surface area contributed by atoms with Gasteiger partial charge in [0.25, 0.3) is 0 Å². The molecule has 17 heavy (non-hydrogen) atoms. The van der Waals surface area contributed by atoms with Crippen LogP contribution in [0.4, 0.5) is 5.82 Å². The highest BCUT2D eigenvalue weighted by Crippen LogP contribution is 2.17. The summed E-state index contributed by atoms with van der Waals surface area (Å²) in [7, 11) is 0. The zero-order valence-corrected chi connectivity index (χ0v) is 10.4. The van der Waals surface area contributed by atoms with Crippen molar-refractivity contribution in [3.8, 4) is 0 Å². The van der Waals surface area contributed by atoms with Gasteiger partial charge < -0.3 is 14.1 Å². The van der Waals surface area contributed by atoms with Gasteiger partial charge >= 0.3 is 0 Å². The molecule has 3 heterocycles. The molecule has 3 rings (SSSR count). The second-order valence-electron chi connectivity index (χ2n) is 3.50. The molecule has 0 aliphatic heterocycles. The highest BCUT2D eigenvalue weighted by Gasteiger charge is 2.06. The Morgan fingerprint density at radius 3 is 3.24 bits per heavy atom. The van der Waals surface area contributed by atoms with Gasteiger partial charge in [-0.3, -0.25) is 0 Å². The number of rotatable bonds is 3. The van der Waals surface area contributed by atoms with E-state index in [1.54, 1.807) is 12.5 Å². The molecule has 0 radical (unpaired) electrons. The van der Waals surface area contributed by atoms with Crippen LogP contribution in [0.3, 0.4) is 0 Å². The minimum atomic E-state index is 0.582. The van der Waals surface area contributed by atoms with Gasteiger partial charge in [-0.15, -0.1) is 0 Å². The third-order valence-electron chi connectivity index (χ3n) is 2.35. The fourth-order valence-corrected chi connectivity index (χ4v) is 2.00. The summed E-state index contributed by atoms with van der Waals surface area (Å²) in [6, 6.07) is 3.77. The average Bonchev–Trinajstić information content (AvgIpc) is 2.95. The Bertz CT molecular complexity index is 632. The molecule has 0 aliphatic carbocycles. The predicted octanol–water partition coefficient (Wildman–Crippen LogP) is 2.70. The number of hydrogen-bond donors (Lipinski definition) is 1. The van der Waals surface area contributed by atoms with Gasteiger partial charge in [-0.2, -0.15) is 0 Å². The molecule has 0 saturated heterocycles. The molecule has 0 amide bonds. The molecule has 0 fully saturated rings. The fourth-order valence-electron chi connectivity index (χ4n) is 1.60. The van der Waals surface area contributed by atoms with Crippen LogP contribution in [0.1, 0.15) is 5.76 Å². The van der Waals surface area contributed by atoms with E-state index in [2.05, 4.69) is 31.2 Å². The maximum Gasteiger partial charge on any atom is 0.180 e. The molecule has 0 atom stereocenters. The summed E-state index contributed by atoms with van der Waals surface area (Å²) in [5, 5.41) is 3.20. The zero-order valence-electron chi connectivity index (χ0n) is 8.80. The third-order valence-corrected chi connectivity index (χ3v) is 2.74. The standard InChI is InChI=1S/C11H9BrN4O/c12-9-7-16-4-3-13-11(16)10(15-9)14-6-8-2-1-5-17-8/h1-5,7H,6H2,(H,14,15). The van der Waals surface area contributed by atoms with Crippen LogP contribution in [-0.2, 0) is 6.54 Å². The fraction of sp³-hybridized carbons (Fsp3) is 0.0909. The Kier molecular flexibility index (Phi) is 2.56. The molecule has 0 saturated carbocycles. The van der Waals surface area contributed by atoms with E-state index in [0.29, 0.717) is 6.54 Å². The topological polar surface area (TPSA) is 55.4 Å². The highest BCUT2D eigenvalue weighted by molar-refractivity contribution is 9.10.